The number of fused-ring (bicyclic) bond motifs is 2. The summed E-state index contributed by atoms with van der Waals surface area (Å²) in [6.07, 6.45) is 6.08. The fraction of sp³-hybridized carbons (Fsp3) is 0.562. The molecule has 3 heteroatoms. The predicted octanol–water partition coefficient (Wildman–Crippen LogP) is 4.31. The fourth-order valence-corrected chi connectivity index (χ4v) is 4.51. The minimum Gasteiger partial charge on any atom is -0.299 e. The van der Waals surface area contributed by atoms with E-state index in [2.05, 4.69) is 0 Å². The maximum absolute atomic E-state index is 13.0. The summed E-state index contributed by atoms with van der Waals surface area (Å²) >= 11 is 1.46. The van der Waals surface area contributed by atoms with Crippen molar-refractivity contribution in [1.29, 1.82) is 0 Å². The molecule has 1 aromatic carbocycles. The molecule has 0 aromatic heterocycles. The van der Waals surface area contributed by atoms with Crippen molar-refractivity contribution in [3.8, 4) is 0 Å². The first-order chi connectivity index (χ1) is 9.20. The van der Waals surface area contributed by atoms with Crippen LogP contribution in [0.4, 0.5) is 4.39 Å². The summed E-state index contributed by atoms with van der Waals surface area (Å²) in [4.78, 5) is 12.9. The molecule has 0 saturated heterocycles. The Kier molecular flexibility index (Phi) is 3.92. The highest BCUT2D eigenvalue weighted by molar-refractivity contribution is 8.00. The molecule has 2 saturated carbocycles. The molecule has 0 N–H and O–H groups in total. The van der Waals surface area contributed by atoms with E-state index >= 15 is 0 Å². The van der Waals surface area contributed by atoms with Gasteiger partial charge in [-0.2, -0.15) is 0 Å². The minimum atomic E-state index is -0.231. The Balaban J connectivity index is 1.47. The number of hydrogen-bond acceptors (Lipinski definition) is 2. The first-order valence-corrected chi connectivity index (χ1v) is 8.09. The summed E-state index contributed by atoms with van der Waals surface area (Å²) in [5, 5.41) is 0. The number of carbonyl (C=O) groups is 1. The van der Waals surface area contributed by atoms with Crippen molar-refractivity contribution in [1.82, 2.24) is 0 Å². The molecule has 1 aromatic rings. The lowest BCUT2D eigenvalue weighted by Crippen LogP contribution is -2.16. The summed E-state index contributed by atoms with van der Waals surface area (Å²) in [5.74, 6) is 2.93. The van der Waals surface area contributed by atoms with Gasteiger partial charge in [0.1, 0.15) is 11.6 Å². The van der Waals surface area contributed by atoms with Crippen molar-refractivity contribution in [3.63, 3.8) is 0 Å². The lowest BCUT2D eigenvalue weighted by atomic mass is 9.85. The highest BCUT2D eigenvalue weighted by atomic mass is 32.2. The number of rotatable bonds is 5. The Hall–Kier alpha value is -0.830. The number of hydrogen-bond donors (Lipinski definition) is 0. The second kappa shape index (κ2) is 5.66. The smallest absolute Gasteiger partial charge is 0.143 e. The lowest BCUT2D eigenvalue weighted by molar-refractivity contribution is -0.117. The van der Waals surface area contributed by atoms with Crippen LogP contribution in [0.2, 0.25) is 0 Å². The van der Waals surface area contributed by atoms with E-state index in [4.69, 9.17) is 0 Å². The molecule has 3 unspecified atom stereocenters. The number of carbonyl (C=O) groups excluding carboxylic acids is 1. The number of ketones is 1. The van der Waals surface area contributed by atoms with Crippen molar-refractivity contribution in [2.45, 2.75) is 37.0 Å². The predicted molar refractivity (Wildman–Crippen MR) is 75.7 cm³/mol. The van der Waals surface area contributed by atoms with E-state index in [0.717, 1.165) is 23.2 Å². The second-order valence-electron chi connectivity index (χ2n) is 5.92. The van der Waals surface area contributed by atoms with Crippen LogP contribution >= 0.6 is 11.8 Å². The maximum atomic E-state index is 13.0. The zero-order valence-electron chi connectivity index (χ0n) is 11.0. The highest BCUT2D eigenvalue weighted by Gasteiger charge is 2.39. The number of halogens is 1. The molecule has 0 heterocycles. The van der Waals surface area contributed by atoms with Crippen molar-refractivity contribution < 1.29 is 9.18 Å². The number of Topliss-reactive ketones (excluding diaryl/α,β-unsaturated/α-hetero) is 1. The third-order valence-electron chi connectivity index (χ3n) is 4.57. The van der Waals surface area contributed by atoms with Gasteiger partial charge in [0.25, 0.3) is 0 Å². The quantitative estimate of drug-likeness (QED) is 0.746. The van der Waals surface area contributed by atoms with Gasteiger partial charge < -0.3 is 0 Å². The first-order valence-electron chi connectivity index (χ1n) is 7.11. The van der Waals surface area contributed by atoms with Gasteiger partial charge in [0, 0.05) is 11.3 Å². The molecule has 2 aliphatic rings. The van der Waals surface area contributed by atoms with Crippen LogP contribution in [0.1, 0.15) is 32.1 Å². The van der Waals surface area contributed by atoms with Crippen LogP contribution < -0.4 is 0 Å². The van der Waals surface area contributed by atoms with Crippen LogP contribution in [0, 0.1) is 23.6 Å². The van der Waals surface area contributed by atoms with Gasteiger partial charge in [0.05, 0.1) is 5.75 Å². The number of benzene rings is 1. The normalized spacial score (nSPS) is 28.8. The Morgan fingerprint density at radius 3 is 2.89 bits per heavy atom. The Bertz CT molecular complexity index is 474. The molecule has 0 amide bonds. The highest BCUT2D eigenvalue weighted by Crippen LogP contribution is 2.49. The van der Waals surface area contributed by atoms with Gasteiger partial charge in [-0.1, -0.05) is 12.5 Å². The van der Waals surface area contributed by atoms with Crippen LogP contribution in [0.3, 0.4) is 0 Å². The molecular weight excluding hydrogens is 259 g/mol. The van der Waals surface area contributed by atoms with Crippen molar-refractivity contribution in [2.75, 3.05) is 5.75 Å². The van der Waals surface area contributed by atoms with E-state index in [-0.39, 0.29) is 5.82 Å². The van der Waals surface area contributed by atoms with Crippen LogP contribution in [0.25, 0.3) is 0 Å². The Morgan fingerprint density at radius 1 is 1.32 bits per heavy atom. The maximum Gasteiger partial charge on any atom is 0.143 e. The van der Waals surface area contributed by atoms with Gasteiger partial charge in [0.15, 0.2) is 0 Å². The van der Waals surface area contributed by atoms with Crippen molar-refractivity contribution in [2.24, 2.45) is 17.8 Å². The molecule has 2 bridgehead atoms. The standard InChI is InChI=1S/C16H19FOS/c17-14-2-1-3-16(9-14)19-10-15(18)8-13-7-11-4-5-12(13)6-11/h1-3,9,11-13H,4-8,10H2. The molecule has 3 atom stereocenters. The van der Waals surface area contributed by atoms with E-state index < -0.39 is 0 Å². The van der Waals surface area contributed by atoms with Crippen molar-refractivity contribution >= 4 is 17.5 Å². The molecule has 1 nitrogen and oxygen atoms in total. The molecule has 19 heavy (non-hydrogen) atoms. The summed E-state index contributed by atoms with van der Waals surface area (Å²) in [5.41, 5.74) is 0. The summed E-state index contributed by atoms with van der Waals surface area (Å²) < 4.78 is 13.0. The van der Waals surface area contributed by atoms with Crippen LogP contribution in [-0.4, -0.2) is 11.5 Å². The Morgan fingerprint density at radius 2 is 2.21 bits per heavy atom. The monoisotopic (exact) mass is 278 g/mol. The topological polar surface area (TPSA) is 17.1 Å². The molecule has 2 fully saturated rings. The Labute approximate surface area is 118 Å². The molecule has 3 rings (SSSR count). The van der Waals surface area contributed by atoms with Gasteiger partial charge in [-0.25, -0.2) is 4.39 Å². The third kappa shape index (κ3) is 3.19. The third-order valence-corrected chi connectivity index (χ3v) is 5.62. The average molecular weight is 278 g/mol. The van der Waals surface area contributed by atoms with Gasteiger partial charge in [-0.3, -0.25) is 4.79 Å². The van der Waals surface area contributed by atoms with Crippen LogP contribution in [0.15, 0.2) is 29.2 Å². The molecular formula is C16H19FOS. The van der Waals surface area contributed by atoms with Crippen LogP contribution in [-0.2, 0) is 4.79 Å². The molecule has 0 aliphatic heterocycles. The van der Waals surface area contributed by atoms with E-state index in [1.165, 1.54) is 49.6 Å². The van der Waals surface area contributed by atoms with Crippen molar-refractivity contribution in [3.05, 3.63) is 30.1 Å². The summed E-state index contributed by atoms with van der Waals surface area (Å²) in [6.45, 7) is 0. The number of thioether (sulfide) groups is 1. The lowest BCUT2D eigenvalue weighted by Gasteiger charge is -2.20. The fourth-order valence-electron chi connectivity index (χ4n) is 3.70. The SMILES string of the molecule is O=C(CSc1cccc(F)c1)CC1CC2CCC1C2. The molecule has 0 radical (unpaired) electrons. The minimum absolute atomic E-state index is 0.231. The zero-order valence-corrected chi connectivity index (χ0v) is 11.8. The summed E-state index contributed by atoms with van der Waals surface area (Å²) in [6, 6.07) is 6.48. The first kappa shape index (κ1) is 13.2. The molecule has 0 spiro atoms. The zero-order chi connectivity index (χ0) is 13.2. The van der Waals surface area contributed by atoms with Gasteiger partial charge >= 0.3 is 0 Å². The van der Waals surface area contributed by atoms with Gasteiger partial charge in [0.2, 0.25) is 0 Å². The van der Waals surface area contributed by atoms with E-state index in [1.54, 1.807) is 6.07 Å². The molecule has 2 aliphatic carbocycles. The largest absolute Gasteiger partial charge is 0.299 e. The van der Waals surface area contributed by atoms with Gasteiger partial charge in [-0.15, -0.1) is 11.8 Å². The molecule has 102 valence electrons. The average Bonchev–Trinajstić information content (AvgIpc) is 2.99. The van der Waals surface area contributed by atoms with E-state index in [1.807, 2.05) is 6.07 Å². The van der Waals surface area contributed by atoms with E-state index in [0.29, 0.717) is 17.5 Å². The van der Waals surface area contributed by atoms with Gasteiger partial charge in [-0.05, 0) is 55.2 Å². The second-order valence-corrected chi connectivity index (χ2v) is 6.97. The van der Waals surface area contributed by atoms with E-state index in [9.17, 15) is 9.18 Å². The summed E-state index contributed by atoms with van der Waals surface area (Å²) in [7, 11) is 0. The van der Waals surface area contributed by atoms with Crippen LogP contribution in [0.5, 0.6) is 0 Å².